The standard InChI is InChI=1S/C13H21N5/c1-13(2,3)11(14-4)6-10-9-7-17-18(5)12(9)16-8-15-10/h7-8,11,14H,6H2,1-5H3. The number of likely N-dealkylation sites (N-methyl/N-ethyl adjacent to an activating group) is 1. The maximum absolute atomic E-state index is 4.42. The van der Waals surface area contributed by atoms with Gasteiger partial charge in [0.05, 0.1) is 17.3 Å². The van der Waals surface area contributed by atoms with Crippen molar-refractivity contribution in [1.82, 2.24) is 25.1 Å². The highest BCUT2D eigenvalue weighted by Crippen LogP contribution is 2.24. The number of aryl methyl sites for hydroxylation is 1. The summed E-state index contributed by atoms with van der Waals surface area (Å²) in [7, 11) is 3.90. The number of hydrogen-bond donors (Lipinski definition) is 1. The molecule has 1 unspecified atom stereocenters. The van der Waals surface area contributed by atoms with Crippen molar-refractivity contribution in [3.63, 3.8) is 0 Å². The number of nitrogens with one attached hydrogen (secondary N) is 1. The molecular formula is C13H21N5. The molecule has 1 N–H and O–H groups in total. The Balaban J connectivity index is 2.37. The van der Waals surface area contributed by atoms with Crippen molar-refractivity contribution in [2.45, 2.75) is 33.2 Å². The molecule has 0 aliphatic carbocycles. The molecule has 0 spiro atoms. The van der Waals surface area contributed by atoms with Gasteiger partial charge in [-0.15, -0.1) is 0 Å². The van der Waals surface area contributed by atoms with E-state index >= 15 is 0 Å². The number of fused-ring (bicyclic) bond motifs is 1. The van der Waals surface area contributed by atoms with Gasteiger partial charge in [0.2, 0.25) is 0 Å². The van der Waals surface area contributed by atoms with E-state index in [1.165, 1.54) is 0 Å². The fourth-order valence-electron chi connectivity index (χ4n) is 2.21. The minimum absolute atomic E-state index is 0.189. The molecule has 0 saturated carbocycles. The number of hydrogen-bond acceptors (Lipinski definition) is 4. The molecule has 0 radical (unpaired) electrons. The SMILES string of the molecule is CNC(Cc1ncnc2c1cnn2C)C(C)(C)C. The van der Waals surface area contributed by atoms with Crippen molar-refractivity contribution in [2.24, 2.45) is 12.5 Å². The number of nitrogens with zero attached hydrogens (tertiary/aromatic N) is 4. The maximum Gasteiger partial charge on any atom is 0.161 e. The Hall–Kier alpha value is -1.49. The van der Waals surface area contributed by atoms with Crippen LogP contribution in [-0.2, 0) is 13.5 Å². The molecular weight excluding hydrogens is 226 g/mol. The van der Waals surface area contributed by atoms with Crippen LogP contribution < -0.4 is 5.32 Å². The molecule has 0 aliphatic heterocycles. The van der Waals surface area contributed by atoms with Gasteiger partial charge in [0.1, 0.15) is 6.33 Å². The first-order chi connectivity index (χ1) is 8.43. The zero-order valence-corrected chi connectivity index (χ0v) is 11.7. The average molecular weight is 247 g/mol. The molecule has 0 bridgehead atoms. The Bertz CT molecular complexity index is 538. The summed E-state index contributed by atoms with van der Waals surface area (Å²) in [5, 5.41) is 8.67. The van der Waals surface area contributed by atoms with Gasteiger partial charge in [0, 0.05) is 19.5 Å². The molecule has 5 heteroatoms. The van der Waals surface area contributed by atoms with E-state index in [2.05, 4.69) is 41.2 Å². The molecule has 0 aromatic carbocycles. The van der Waals surface area contributed by atoms with Gasteiger partial charge in [-0.1, -0.05) is 20.8 Å². The summed E-state index contributed by atoms with van der Waals surface area (Å²) in [6.45, 7) is 6.70. The fourth-order valence-corrected chi connectivity index (χ4v) is 2.21. The highest BCUT2D eigenvalue weighted by Gasteiger charge is 2.24. The van der Waals surface area contributed by atoms with Crippen LogP contribution in [0, 0.1) is 5.41 Å². The molecule has 0 amide bonds. The third-order valence-electron chi connectivity index (χ3n) is 3.40. The van der Waals surface area contributed by atoms with E-state index in [1.54, 1.807) is 11.0 Å². The lowest BCUT2D eigenvalue weighted by Crippen LogP contribution is -2.40. The van der Waals surface area contributed by atoms with Crippen molar-refractivity contribution in [3.05, 3.63) is 18.2 Å². The lowest BCUT2D eigenvalue weighted by molar-refractivity contribution is 0.279. The van der Waals surface area contributed by atoms with E-state index in [4.69, 9.17) is 0 Å². The molecule has 1 atom stereocenters. The summed E-state index contributed by atoms with van der Waals surface area (Å²) < 4.78 is 1.78. The number of aromatic nitrogens is 4. The smallest absolute Gasteiger partial charge is 0.161 e. The lowest BCUT2D eigenvalue weighted by Gasteiger charge is -2.30. The Morgan fingerprint density at radius 2 is 2.06 bits per heavy atom. The Labute approximate surface area is 108 Å². The van der Waals surface area contributed by atoms with Crippen LogP contribution in [0.2, 0.25) is 0 Å². The minimum atomic E-state index is 0.189. The van der Waals surface area contributed by atoms with Crippen molar-refractivity contribution in [2.75, 3.05) is 7.05 Å². The van der Waals surface area contributed by atoms with Crippen LogP contribution in [-0.4, -0.2) is 32.8 Å². The predicted molar refractivity (Wildman–Crippen MR) is 72.3 cm³/mol. The minimum Gasteiger partial charge on any atom is -0.316 e. The molecule has 98 valence electrons. The molecule has 5 nitrogen and oxygen atoms in total. The summed E-state index contributed by atoms with van der Waals surface area (Å²) in [5.74, 6) is 0. The van der Waals surface area contributed by atoms with Gasteiger partial charge in [-0.05, 0) is 12.5 Å². The van der Waals surface area contributed by atoms with Crippen LogP contribution in [0.15, 0.2) is 12.5 Å². The molecule has 0 fully saturated rings. The van der Waals surface area contributed by atoms with Crippen LogP contribution in [0.1, 0.15) is 26.5 Å². The molecule has 2 aromatic heterocycles. The van der Waals surface area contributed by atoms with E-state index in [1.807, 2.05) is 20.3 Å². The second kappa shape index (κ2) is 4.65. The van der Waals surface area contributed by atoms with Crippen LogP contribution in [0.5, 0.6) is 0 Å². The van der Waals surface area contributed by atoms with Crippen LogP contribution in [0.4, 0.5) is 0 Å². The average Bonchev–Trinajstić information content (AvgIpc) is 2.67. The first kappa shape index (κ1) is 13.0. The first-order valence-electron chi connectivity index (χ1n) is 6.22. The van der Waals surface area contributed by atoms with E-state index in [-0.39, 0.29) is 5.41 Å². The van der Waals surface area contributed by atoms with Crippen LogP contribution >= 0.6 is 0 Å². The zero-order valence-electron chi connectivity index (χ0n) is 11.7. The number of rotatable bonds is 3. The van der Waals surface area contributed by atoms with Gasteiger partial charge in [0.25, 0.3) is 0 Å². The molecule has 0 aliphatic rings. The Morgan fingerprint density at radius 3 is 2.67 bits per heavy atom. The summed E-state index contributed by atoms with van der Waals surface area (Å²) >= 11 is 0. The molecule has 2 heterocycles. The zero-order chi connectivity index (χ0) is 13.3. The molecule has 2 aromatic rings. The summed E-state index contributed by atoms with van der Waals surface area (Å²) in [4.78, 5) is 8.68. The monoisotopic (exact) mass is 247 g/mol. The van der Waals surface area contributed by atoms with E-state index in [0.29, 0.717) is 6.04 Å². The lowest BCUT2D eigenvalue weighted by atomic mass is 9.84. The largest absolute Gasteiger partial charge is 0.316 e. The topological polar surface area (TPSA) is 55.6 Å². The third-order valence-corrected chi connectivity index (χ3v) is 3.40. The van der Waals surface area contributed by atoms with Crippen molar-refractivity contribution in [1.29, 1.82) is 0 Å². The summed E-state index contributed by atoms with van der Waals surface area (Å²) in [6, 6.07) is 0.371. The second-order valence-corrected chi connectivity index (χ2v) is 5.74. The van der Waals surface area contributed by atoms with Crippen molar-refractivity contribution < 1.29 is 0 Å². The fraction of sp³-hybridized carbons (Fsp3) is 0.615. The normalized spacial score (nSPS) is 14.1. The van der Waals surface area contributed by atoms with E-state index in [0.717, 1.165) is 23.1 Å². The third kappa shape index (κ3) is 2.36. The van der Waals surface area contributed by atoms with Crippen molar-refractivity contribution >= 4 is 11.0 Å². The van der Waals surface area contributed by atoms with Gasteiger partial charge >= 0.3 is 0 Å². The molecule has 18 heavy (non-hydrogen) atoms. The summed E-state index contributed by atoms with van der Waals surface area (Å²) in [5.41, 5.74) is 2.14. The predicted octanol–water partition coefficient (Wildman–Crippen LogP) is 1.54. The van der Waals surface area contributed by atoms with Gasteiger partial charge in [-0.3, -0.25) is 4.68 Å². The maximum atomic E-state index is 4.42. The Kier molecular flexibility index (Phi) is 3.34. The molecule has 2 rings (SSSR count). The quantitative estimate of drug-likeness (QED) is 0.894. The van der Waals surface area contributed by atoms with Gasteiger partial charge < -0.3 is 5.32 Å². The molecule has 0 saturated heterocycles. The van der Waals surface area contributed by atoms with Gasteiger partial charge in [-0.25, -0.2) is 9.97 Å². The summed E-state index contributed by atoms with van der Waals surface area (Å²) in [6.07, 6.45) is 4.35. The first-order valence-corrected chi connectivity index (χ1v) is 6.22. The van der Waals surface area contributed by atoms with Crippen LogP contribution in [0.3, 0.4) is 0 Å². The highest BCUT2D eigenvalue weighted by atomic mass is 15.3. The van der Waals surface area contributed by atoms with Gasteiger partial charge in [-0.2, -0.15) is 5.10 Å². The van der Waals surface area contributed by atoms with E-state index in [9.17, 15) is 0 Å². The second-order valence-electron chi connectivity index (χ2n) is 5.74. The van der Waals surface area contributed by atoms with Gasteiger partial charge in [0.15, 0.2) is 5.65 Å². The Morgan fingerprint density at radius 1 is 1.33 bits per heavy atom. The van der Waals surface area contributed by atoms with E-state index < -0.39 is 0 Å². The van der Waals surface area contributed by atoms with Crippen LogP contribution in [0.25, 0.3) is 11.0 Å². The van der Waals surface area contributed by atoms with Crippen molar-refractivity contribution in [3.8, 4) is 0 Å². The highest BCUT2D eigenvalue weighted by molar-refractivity contribution is 5.76.